The van der Waals surface area contributed by atoms with Gasteiger partial charge in [0.05, 0.1) is 19.2 Å². The molecule has 0 atom stereocenters. The summed E-state index contributed by atoms with van der Waals surface area (Å²) < 4.78 is 2.07. The molecule has 124 valence electrons. The van der Waals surface area contributed by atoms with Crippen molar-refractivity contribution in [2.24, 2.45) is 5.10 Å². The SMILES string of the molecule is C#CCn1c(C)c(/C=N\NC(=O)Cc2ccccc2)c2ccccc21. The van der Waals surface area contributed by atoms with Crippen molar-refractivity contribution in [3.8, 4) is 12.3 Å². The smallest absolute Gasteiger partial charge is 0.244 e. The van der Waals surface area contributed by atoms with Gasteiger partial charge in [-0.05, 0) is 18.6 Å². The Labute approximate surface area is 147 Å². The Hall–Kier alpha value is -3.32. The van der Waals surface area contributed by atoms with Crippen LogP contribution in [0.25, 0.3) is 10.9 Å². The number of carbonyl (C=O) groups is 1. The summed E-state index contributed by atoms with van der Waals surface area (Å²) in [6.45, 7) is 2.50. The Bertz CT molecular complexity index is 962. The third-order valence-electron chi connectivity index (χ3n) is 4.12. The van der Waals surface area contributed by atoms with Gasteiger partial charge in [-0.1, -0.05) is 54.5 Å². The van der Waals surface area contributed by atoms with Gasteiger partial charge in [-0.3, -0.25) is 4.79 Å². The fourth-order valence-electron chi connectivity index (χ4n) is 2.91. The summed E-state index contributed by atoms with van der Waals surface area (Å²) in [6.07, 6.45) is 7.47. The topological polar surface area (TPSA) is 46.4 Å². The molecule has 3 aromatic rings. The lowest BCUT2D eigenvalue weighted by atomic mass is 10.1. The number of carbonyl (C=O) groups excluding carboxylic acids is 1. The van der Waals surface area contributed by atoms with Crippen molar-refractivity contribution in [2.75, 3.05) is 0 Å². The average molecular weight is 329 g/mol. The zero-order valence-electron chi connectivity index (χ0n) is 14.1. The summed E-state index contributed by atoms with van der Waals surface area (Å²) in [5.74, 6) is 2.53. The fourth-order valence-corrected chi connectivity index (χ4v) is 2.91. The van der Waals surface area contributed by atoms with Gasteiger partial charge < -0.3 is 4.57 Å². The quantitative estimate of drug-likeness (QED) is 0.436. The highest BCUT2D eigenvalue weighted by molar-refractivity contribution is 6.01. The van der Waals surface area contributed by atoms with Crippen molar-refractivity contribution < 1.29 is 4.79 Å². The molecule has 1 amide bonds. The summed E-state index contributed by atoms with van der Waals surface area (Å²) in [5.41, 5.74) is 6.61. The number of fused-ring (bicyclic) bond motifs is 1. The van der Waals surface area contributed by atoms with Gasteiger partial charge in [-0.2, -0.15) is 5.10 Å². The number of terminal acetylenes is 1. The number of amides is 1. The van der Waals surface area contributed by atoms with Crippen LogP contribution in [0.15, 0.2) is 59.7 Å². The highest BCUT2D eigenvalue weighted by Gasteiger charge is 2.11. The van der Waals surface area contributed by atoms with E-state index in [1.165, 1.54) is 0 Å². The molecule has 4 nitrogen and oxygen atoms in total. The largest absolute Gasteiger partial charge is 0.333 e. The van der Waals surface area contributed by atoms with Gasteiger partial charge in [-0.15, -0.1) is 6.42 Å². The second kappa shape index (κ2) is 7.50. The second-order valence-corrected chi connectivity index (χ2v) is 5.76. The molecule has 0 aliphatic heterocycles. The van der Waals surface area contributed by atoms with Crippen molar-refractivity contribution in [1.29, 1.82) is 0 Å². The Morgan fingerprint density at radius 3 is 2.68 bits per heavy atom. The molecule has 1 heterocycles. The molecule has 0 spiro atoms. The molecule has 2 aromatic carbocycles. The van der Waals surface area contributed by atoms with Gasteiger partial charge in [0.15, 0.2) is 0 Å². The van der Waals surface area contributed by atoms with Crippen molar-refractivity contribution in [3.05, 3.63) is 71.4 Å². The van der Waals surface area contributed by atoms with E-state index in [4.69, 9.17) is 6.42 Å². The predicted octanol–water partition coefficient (Wildman–Crippen LogP) is 3.28. The number of hydrogen-bond acceptors (Lipinski definition) is 2. The van der Waals surface area contributed by atoms with E-state index in [2.05, 4.69) is 21.0 Å². The zero-order chi connectivity index (χ0) is 17.6. The van der Waals surface area contributed by atoms with Crippen LogP contribution in [-0.2, 0) is 17.8 Å². The van der Waals surface area contributed by atoms with Crippen molar-refractivity contribution in [1.82, 2.24) is 9.99 Å². The molecule has 0 saturated heterocycles. The number of hydrazone groups is 1. The number of hydrogen-bond donors (Lipinski definition) is 1. The normalized spacial score (nSPS) is 10.9. The van der Waals surface area contributed by atoms with Crippen molar-refractivity contribution >= 4 is 23.0 Å². The molecule has 0 fully saturated rings. The minimum absolute atomic E-state index is 0.146. The Morgan fingerprint density at radius 1 is 1.20 bits per heavy atom. The molecule has 0 bridgehead atoms. The standard InChI is InChI=1S/C21H19N3O/c1-3-13-24-16(2)19(18-11-7-8-12-20(18)24)15-22-23-21(25)14-17-9-5-4-6-10-17/h1,4-12,15H,13-14H2,2H3,(H,23,25)/b22-15-. The van der Waals surface area contributed by atoms with Gasteiger partial charge in [0.2, 0.25) is 5.91 Å². The molecule has 1 aromatic heterocycles. The Morgan fingerprint density at radius 2 is 1.92 bits per heavy atom. The number of nitrogens with zero attached hydrogens (tertiary/aromatic N) is 2. The Kier molecular flexibility index (Phi) is 4.96. The number of nitrogens with one attached hydrogen (secondary N) is 1. The molecular weight excluding hydrogens is 310 g/mol. The number of para-hydroxylation sites is 1. The van der Waals surface area contributed by atoms with Gasteiger partial charge in [0.25, 0.3) is 0 Å². The maximum Gasteiger partial charge on any atom is 0.244 e. The summed E-state index contributed by atoms with van der Waals surface area (Å²) in [7, 11) is 0. The third kappa shape index (κ3) is 3.61. The van der Waals surface area contributed by atoms with Crippen LogP contribution in [0.1, 0.15) is 16.8 Å². The molecule has 3 rings (SSSR count). The summed E-state index contributed by atoms with van der Waals surface area (Å²) in [4.78, 5) is 12.0. The van der Waals surface area contributed by atoms with Gasteiger partial charge >= 0.3 is 0 Å². The summed E-state index contributed by atoms with van der Waals surface area (Å²) in [5, 5.41) is 5.20. The van der Waals surface area contributed by atoms with Crippen LogP contribution in [0, 0.1) is 19.3 Å². The van der Waals surface area contributed by atoms with Crippen molar-refractivity contribution in [3.63, 3.8) is 0 Å². The molecular formula is C21H19N3O. The maximum absolute atomic E-state index is 12.0. The van der Waals surface area contributed by atoms with E-state index in [0.29, 0.717) is 13.0 Å². The summed E-state index contributed by atoms with van der Waals surface area (Å²) in [6, 6.07) is 17.6. The number of benzene rings is 2. The maximum atomic E-state index is 12.0. The lowest BCUT2D eigenvalue weighted by Gasteiger charge is -2.02. The van der Waals surface area contributed by atoms with E-state index in [-0.39, 0.29) is 5.91 Å². The second-order valence-electron chi connectivity index (χ2n) is 5.76. The van der Waals surface area contributed by atoms with E-state index in [0.717, 1.165) is 27.7 Å². The van der Waals surface area contributed by atoms with Crippen molar-refractivity contribution in [2.45, 2.75) is 19.9 Å². The van der Waals surface area contributed by atoms with Crippen LogP contribution in [0.5, 0.6) is 0 Å². The minimum atomic E-state index is -0.146. The van der Waals surface area contributed by atoms with Crippen LogP contribution in [0.2, 0.25) is 0 Å². The highest BCUT2D eigenvalue weighted by atomic mass is 16.2. The number of aromatic nitrogens is 1. The Balaban J connectivity index is 1.79. The van der Waals surface area contributed by atoms with E-state index in [1.807, 2.05) is 61.5 Å². The first-order chi connectivity index (χ1) is 12.2. The van der Waals surface area contributed by atoms with Gasteiger partial charge in [-0.25, -0.2) is 5.43 Å². The first-order valence-corrected chi connectivity index (χ1v) is 8.08. The first kappa shape index (κ1) is 16.5. The van der Waals surface area contributed by atoms with E-state index < -0.39 is 0 Å². The molecule has 0 saturated carbocycles. The summed E-state index contributed by atoms with van der Waals surface area (Å²) >= 11 is 0. The average Bonchev–Trinajstić information content (AvgIpc) is 2.89. The van der Waals surface area contributed by atoms with E-state index >= 15 is 0 Å². The van der Waals surface area contributed by atoms with Crippen LogP contribution in [-0.4, -0.2) is 16.7 Å². The van der Waals surface area contributed by atoms with E-state index in [1.54, 1.807) is 6.21 Å². The lowest BCUT2D eigenvalue weighted by molar-refractivity contribution is -0.120. The van der Waals surface area contributed by atoms with Gasteiger partial charge in [0.1, 0.15) is 0 Å². The molecule has 0 aliphatic rings. The van der Waals surface area contributed by atoms with Crippen LogP contribution < -0.4 is 5.43 Å². The zero-order valence-corrected chi connectivity index (χ0v) is 14.1. The molecule has 4 heteroatoms. The van der Waals surface area contributed by atoms with E-state index in [9.17, 15) is 4.79 Å². The number of rotatable bonds is 5. The minimum Gasteiger partial charge on any atom is -0.333 e. The highest BCUT2D eigenvalue weighted by Crippen LogP contribution is 2.24. The van der Waals surface area contributed by atoms with Gasteiger partial charge in [0, 0.05) is 22.2 Å². The van der Waals surface area contributed by atoms with Crippen LogP contribution >= 0.6 is 0 Å². The van der Waals surface area contributed by atoms with Crippen LogP contribution in [0.4, 0.5) is 0 Å². The molecule has 0 radical (unpaired) electrons. The van der Waals surface area contributed by atoms with Crippen LogP contribution in [0.3, 0.4) is 0 Å². The molecule has 25 heavy (non-hydrogen) atoms. The molecule has 0 aliphatic carbocycles. The predicted molar refractivity (Wildman–Crippen MR) is 101 cm³/mol. The fraction of sp³-hybridized carbons (Fsp3) is 0.143. The monoisotopic (exact) mass is 329 g/mol. The third-order valence-corrected chi connectivity index (χ3v) is 4.12. The lowest BCUT2D eigenvalue weighted by Crippen LogP contribution is -2.19. The first-order valence-electron chi connectivity index (χ1n) is 8.08. The molecule has 0 unspecified atom stereocenters. The molecule has 1 N–H and O–H groups in total.